The molecule has 0 aliphatic heterocycles. The monoisotopic (exact) mass is 473 g/mol. The summed E-state index contributed by atoms with van der Waals surface area (Å²) in [4.78, 5) is 0. The zero-order chi connectivity index (χ0) is 21.0. The number of halogens is 5. The summed E-state index contributed by atoms with van der Waals surface area (Å²) >= 11 is 3.25. The Hall–Kier alpha value is -1.00. The Morgan fingerprint density at radius 3 is 2.26 bits per heavy atom. The summed E-state index contributed by atoms with van der Waals surface area (Å²) in [5.74, 6) is 0. The van der Waals surface area contributed by atoms with Crippen LogP contribution in [0.15, 0.2) is 33.8 Å². The van der Waals surface area contributed by atoms with E-state index in [1.54, 1.807) is 32.9 Å². The van der Waals surface area contributed by atoms with E-state index in [-0.39, 0.29) is 5.56 Å². The van der Waals surface area contributed by atoms with E-state index in [0.29, 0.717) is 4.47 Å². The van der Waals surface area contributed by atoms with Crippen LogP contribution in [0.5, 0.6) is 0 Å². The maximum Gasteiger partial charge on any atom is 0.431 e. The largest absolute Gasteiger partial charge is 0.431 e. The fourth-order valence-corrected chi connectivity index (χ4v) is 3.49. The fourth-order valence-electron chi connectivity index (χ4n) is 2.18. The average molecular weight is 474 g/mol. The maximum atomic E-state index is 14.3. The number of benzene rings is 1. The van der Waals surface area contributed by atoms with Gasteiger partial charge in [-0.3, -0.25) is 0 Å². The molecule has 1 N–H and O–H groups in total. The number of nitrogens with one attached hydrogen (secondary N) is 1. The van der Waals surface area contributed by atoms with Crippen molar-refractivity contribution in [2.24, 2.45) is 5.10 Å². The Morgan fingerprint density at radius 1 is 1.26 bits per heavy atom. The number of rotatable bonds is 7. The molecule has 1 rings (SSSR count). The van der Waals surface area contributed by atoms with Crippen LogP contribution in [0.2, 0.25) is 0 Å². The first-order chi connectivity index (χ1) is 12.2. The number of hydrogen-bond donors (Lipinski definition) is 1. The van der Waals surface area contributed by atoms with Crippen molar-refractivity contribution in [1.29, 1.82) is 0 Å². The summed E-state index contributed by atoms with van der Waals surface area (Å²) in [5, 5.41) is 4.51. The van der Waals surface area contributed by atoms with Crippen LogP contribution in [-0.4, -0.2) is 46.6 Å². The van der Waals surface area contributed by atoms with Crippen LogP contribution in [0.1, 0.15) is 32.8 Å². The molecule has 0 bridgehead atoms. The van der Waals surface area contributed by atoms with Crippen LogP contribution in [-0.2, 0) is 16.5 Å². The van der Waals surface area contributed by atoms with Gasteiger partial charge in [0.15, 0.2) is 0 Å². The molecule has 1 unspecified atom stereocenters. The average Bonchev–Trinajstić information content (AvgIpc) is 2.51. The summed E-state index contributed by atoms with van der Waals surface area (Å²) < 4.78 is 69.9. The summed E-state index contributed by atoms with van der Waals surface area (Å²) in [6, 6.07) is 6.27. The second-order valence-corrected chi connectivity index (χ2v) is 10.2. The van der Waals surface area contributed by atoms with Gasteiger partial charge < -0.3 is 5.01 Å². The predicted octanol–water partition coefficient (Wildman–Crippen LogP) is 4.54. The van der Waals surface area contributed by atoms with Crippen molar-refractivity contribution in [1.82, 2.24) is 9.73 Å². The van der Waals surface area contributed by atoms with Gasteiger partial charge in [-0.15, -0.1) is 0 Å². The van der Waals surface area contributed by atoms with Crippen LogP contribution < -0.4 is 4.72 Å². The fraction of sp³-hybridized carbons (Fsp3) is 0.588. The molecule has 10 heteroatoms. The standard InChI is InChI=1S/C17H24BrF4N3OS/c1-15(2,3)27(26)24-16(11-19,12-7-6-8-13(18)9-12)10-14(17(20,21)22)23-25(4)5/h6-9,24H,10-11H2,1-5H3/b23-14+/t16?,27-/m1/s1. The molecule has 0 amide bonds. The van der Waals surface area contributed by atoms with Crippen LogP contribution >= 0.6 is 15.9 Å². The van der Waals surface area contributed by atoms with E-state index in [2.05, 4.69) is 25.8 Å². The number of alkyl halides is 4. The van der Waals surface area contributed by atoms with Crippen molar-refractivity contribution in [2.45, 2.75) is 43.7 Å². The molecular weight excluding hydrogens is 450 g/mol. The van der Waals surface area contributed by atoms with Gasteiger partial charge in [-0.25, -0.2) is 13.3 Å². The van der Waals surface area contributed by atoms with Gasteiger partial charge in [0, 0.05) is 25.0 Å². The van der Waals surface area contributed by atoms with E-state index in [0.717, 1.165) is 5.01 Å². The van der Waals surface area contributed by atoms with Gasteiger partial charge in [-0.2, -0.15) is 18.3 Å². The van der Waals surface area contributed by atoms with Crippen LogP contribution in [0, 0.1) is 0 Å². The van der Waals surface area contributed by atoms with Gasteiger partial charge in [0.25, 0.3) is 0 Å². The minimum Gasteiger partial charge on any atom is -0.303 e. The smallest absolute Gasteiger partial charge is 0.303 e. The minimum absolute atomic E-state index is 0.243. The molecule has 0 saturated heterocycles. The Morgan fingerprint density at radius 2 is 1.85 bits per heavy atom. The highest BCUT2D eigenvalue weighted by atomic mass is 79.9. The van der Waals surface area contributed by atoms with Crippen molar-refractivity contribution in [2.75, 3.05) is 20.8 Å². The first-order valence-corrected chi connectivity index (χ1v) is 9.99. The highest BCUT2D eigenvalue weighted by Crippen LogP contribution is 2.34. The highest BCUT2D eigenvalue weighted by molar-refractivity contribution is 9.10. The molecule has 2 atom stereocenters. The number of hydrazone groups is 1. The summed E-state index contributed by atoms with van der Waals surface area (Å²) in [6.07, 6.45) is -5.58. The van der Waals surface area contributed by atoms with Gasteiger partial charge in [-0.1, -0.05) is 28.1 Å². The van der Waals surface area contributed by atoms with Crippen LogP contribution in [0.25, 0.3) is 0 Å². The Labute approximate surface area is 168 Å². The zero-order valence-corrected chi connectivity index (χ0v) is 18.2. The molecule has 0 radical (unpaired) electrons. The molecular formula is C17H24BrF4N3OS. The molecule has 1 aromatic carbocycles. The van der Waals surface area contributed by atoms with Crippen molar-refractivity contribution in [3.05, 3.63) is 34.3 Å². The topological polar surface area (TPSA) is 44.7 Å². The highest BCUT2D eigenvalue weighted by Gasteiger charge is 2.45. The van der Waals surface area contributed by atoms with E-state index in [4.69, 9.17) is 0 Å². The van der Waals surface area contributed by atoms with Crippen molar-refractivity contribution >= 4 is 32.6 Å². The van der Waals surface area contributed by atoms with Gasteiger partial charge in [-0.05, 0) is 38.5 Å². The van der Waals surface area contributed by atoms with Crippen molar-refractivity contribution < 1.29 is 21.8 Å². The first kappa shape index (κ1) is 24.0. The molecule has 0 aliphatic carbocycles. The number of nitrogens with zero attached hydrogens (tertiary/aromatic N) is 2. The normalized spacial score (nSPS) is 16.7. The molecule has 0 fully saturated rings. The molecule has 154 valence electrons. The lowest BCUT2D eigenvalue weighted by Crippen LogP contribution is -2.52. The molecule has 27 heavy (non-hydrogen) atoms. The Bertz CT molecular complexity index is 704. The van der Waals surface area contributed by atoms with E-state index in [1.165, 1.54) is 26.2 Å². The van der Waals surface area contributed by atoms with Gasteiger partial charge in [0.2, 0.25) is 0 Å². The van der Waals surface area contributed by atoms with E-state index >= 15 is 0 Å². The van der Waals surface area contributed by atoms with Crippen LogP contribution in [0.4, 0.5) is 17.6 Å². The van der Waals surface area contributed by atoms with E-state index in [9.17, 15) is 21.8 Å². The predicted molar refractivity (Wildman–Crippen MR) is 105 cm³/mol. The Kier molecular flexibility index (Phi) is 8.01. The summed E-state index contributed by atoms with van der Waals surface area (Å²) in [5.41, 5.74) is -2.78. The third-order valence-corrected chi connectivity index (χ3v) is 5.75. The third-order valence-electron chi connectivity index (χ3n) is 3.57. The maximum absolute atomic E-state index is 14.3. The lowest BCUT2D eigenvalue weighted by atomic mass is 9.86. The quantitative estimate of drug-likeness (QED) is 0.359. The number of hydrogen-bond acceptors (Lipinski definition) is 3. The summed E-state index contributed by atoms with van der Waals surface area (Å²) in [7, 11) is 0.889. The molecule has 1 aromatic rings. The molecule has 0 heterocycles. The van der Waals surface area contributed by atoms with Gasteiger partial charge in [0.1, 0.15) is 12.4 Å². The molecule has 4 nitrogen and oxygen atoms in total. The minimum atomic E-state index is -4.76. The third kappa shape index (κ3) is 6.83. The second-order valence-electron chi connectivity index (χ2n) is 7.28. The lowest BCUT2D eigenvalue weighted by molar-refractivity contribution is -0.0630. The lowest BCUT2D eigenvalue weighted by Gasteiger charge is -2.35. The van der Waals surface area contributed by atoms with Crippen LogP contribution in [0.3, 0.4) is 0 Å². The van der Waals surface area contributed by atoms with E-state index in [1.807, 2.05) is 0 Å². The van der Waals surface area contributed by atoms with E-state index < -0.39 is 46.3 Å². The van der Waals surface area contributed by atoms with Gasteiger partial charge in [0.05, 0.1) is 21.3 Å². The first-order valence-electron chi connectivity index (χ1n) is 8.05. The molecule has 0 spiro atoms. The second kappa shape index (κ2) is 9.00. The van der Waals surface area contributed by atoms with Crippen molar-refractivity contribution in [3.63, 3.8) is 0 Å². The molecule has 0 aliphatic rings. The van der Waals surface area contributed by atoms with Crippen molar-refractivity contribution in [3.8, 4) is 0 Å². The molecule has 0 aromatic heterocycles. The van der Waals surface area contributed by atoms with Gasteiger partial charge >= 0.3 is 6.18 Å². The summed E-state index contributed by atoms with van der Waals surface area (Å²) in [6.45, 7) is 3.75. The zero-order valence-electron chi connectivity index (χ0n) is 15.8. The molecule has 0 saturated carbocycles. The SMILES string of the molecule is CN(C)/N=C(\CC(CF)(N[S@](=O)C(C)(C)C)c1cccc(Br)c1)C(F)(F)F. The Balaban J connectivity index is 3.54.